The second-order valence-corrected chi connectivity index (χ2v) is 11.1. The van der Waals surface area contributed by atoms with Gasteiger partial charge in [0.05, 0.1) is 11.1 Å². The number of carbonyl (C=O) groups is 3. The number of aromatic hydroxyl groups is 1. The van der Waals surface area contributed by atoms with E-state index in [1.165, 1.54) is 18.6 Å². The smallest absolute Gasteiger partial charge is 0.206 e. The van der Waals surface area contributed by atoms with Gasteiger partial charge in [0.25, 0.3) is 0 Å². The molecule has 0 spiro atoms. The zero-order valence-corrected chi connectivity index (χ0v) is 20.0. The van der Waals surface area contributed by atoms with Gasteiger partial charge in [-0.3, -0.25) is 14.4 Å². The number of ketones is 3. The number of Topliss-reactive ketones (excluding diaryl/α,β-unsaturated/α-hetero) is 3. The van der Waals surface area contributed by atoms with Crippen molar-refractivity contribution < 1.29 is 29.7 Å². The molecule has 0 aromatic heterocycles. The lowest BCUT2D eigenvalue weighted by Gasteiger charge is -2.56. The minimum absolute atomic E-state index is 0.0421. The van der Waals surface area contributed by atoms with Crippen LogP contribution in [0, 0.1) is 10.8 Å². The average molecular weight is 463 g/mol. The Labute approximate surface area is 198 Å². The fourth-order valence-electron chi connectivity index (χ4n) is 6.93. The highest BCUT2D eigenvalue weighted by atomic mass is 16.3. The van der Waals surface area contributed by atoms with Gasteiger partial charge >= 0.3 is 0 Å². The fraction of sp³-hybridized carbons (Fsp3) is 0.464. The lowest BCUT2D eigenvalue weighted by molar-refractivity contribution is -0.157. The largest absolute Gasteiger partial charge is 0.508 e. The first kappa shape index (κ1) is 22.8. The van der Waals surface area contributed by atoms with Crippen molar-refractivity contribution >= 4 is 23.4 Å². The molecular formula is C28H30O6. The maximum absolute atomic E-state index is 13.8. The van der Waals surface area contributed by atoms with E-state index in [2.05, 4.69) is 6.08 Å². The summed E-state index contributed by atoms with van der Waals surface area (Å²) in [6, 6.07) is 3.30. The molecule has 0 amide bonds. The minimum Gasteiger partial charge on any atom is -0.508 e. The maximum atomic E-state index is 13.8. The molecule has 4 aliphatic carbocycles. The Bertz CT molecular complexity index is 1290. The number of phenolic OH excluding ortho intramolecular Hbond substituents is 1. The first-order chi connectivity index (χ1) is 15.8. The van der Waals surface area contributed by atoms with Crippen molar-refractivity contribution in [1.29, 1.82) is 0 Å². The lowest BCUT2D eigenvalue weighted by atomic mass is 9.48. The molecule has 5 rings (SSSR count). The van der Waals surface area contributed by atoms with Gasteiger partial charge in [0, 0.05) is 16.4 Å². The SMILES string of the molecule is CC(=O)C1=C(C)C[C@@]2(C)C[C@@]3(C)Cc4c(C=C5CCC5)ccc(O)c4C(=O)C3=C(O)[C@@]2(O)C1=O. The molecule has 34 heavy (non-hydrogen) atoms. The number of aliphatic hydroxyl groups is 2. The van der Waals surface area contributed by atoms with E-state index in [0.717, 1.165) is 30.4 Å². The summed E-state index contributed by atoms with van der Waals surface area (Å²) in [5.41, 5.74) is -0.877. The van der Waals surface area contributed by atoms with Gasteiger partial charge in [-0.15, -0.1) is 0 Å². The highest BCUT2D eigenvalue weighted by Crippen LogP contribution is 2.62. The fourth-order valence-corrected chi connectivity index (χ4v) is 6.93. The monoisotopic (exact) mass is 462 g/mol. The molecule has 6 nitrogen and oxygen atoms in total. The molecule has 0 unspecified atom stereocenters. The maximum Gasteiger partial charge on any atom is 0.206 e. The van der Waals surface area contributed by atoms with Gasteiger partial charge in [-0.1, -0.05) is 37.1 Å². The Hall–Kier alpha value is -2.99. The number of benzene rings is 1. The summed E-state index contributed by atoms with van der Waals surface area (Å²) in [5.74, 6) is -2.78. The summed E-state index contributed by atoms with van der Waals surface area (Å²) in [6.07, 6.45) is 6.15. The van der Waals surface area contributed by atoms with Crippen LogP contribution >= 0.6 is 0 Å². The summed E-state index contributed by atoms with van der Waals surface area (Å²) in [4.78, 5) is 39.5. The Kier molecular flexibility index (Phi) is 4.70. The van der Waals surface area contributed by atoms with E-state index in [1.807, 2.05) is 13.0 Å². The number of phenols is 1. The van der Waals surface area contributed by atoms with Crippen molar-refractivity contribution in [2.45, 2.75) is 71.8 Å². The Balaban J connectivity index is 1.75. The molecule has 1 aromatic rings. The quantitative estimate of drug-likeness (QED) is 0.557. The topological polar surface area (TPSA) is 112 Å². The van der Waals surface area contributed by atoms with Gasteiger partial charge in [-0.25, -0.2) is 0 Å². The van der Waals surface area contributed by atoms with Crippen molar-refractivity contribution in [3.8, 4) is 5.75 Å². The van der Waals surface area contributed by atoms with Crippen molar-refractivity contribution in [2.75, 3.05) is 0 Å². The number of fused-ring (bicyclic) bond motifs is 3. The summed E-state index contributed by atoms with van der Waals surface area (Å²) >= 11 is 0. The predicted molar refractivity (Wildman–Crippen MR) is 126 cm³/mol. The van der Waals surface area contributed by atoms with Crippen LogP contribution in [-0.2, 0) is 16.0 Å². The third-order valence-electron chi connectivity index (χ3n) is 8.53. The van der Waals surface area contributed by atoms with Gasteiger partial charge in [0.2, 0.25) is 5.78 Å². The molecule has 178 valence electrons. The molecule has 0 heterocycles. The van der Waals surface area contributed by atoms with Gasteiger partial charge in [0.1, 0.15) is 11.5 Å². The van der Waals surface area contributed by atoms with Crippen LogP contribution in [0.1, 0.15) is 81.3 Å². The molecular weight excluding hydrogens is 432 g/mol. The van der Waals surface area contributed by atoms with E-state index < -0.39 is 39.5 Å². The summed E-state index contributed by atoms with van der Waals surface area (Å²) in [7, 11) is 0. The molecule has 0 radical (unpaired) electrons. The molecule has 4 aliphatic rings. The molecule has 3 atom stereocenters. The van der Waals surface area contributed by atoms with Crippen LogP contribution in [0.25, 0.3) is 6.08 Å². The second-order valence-electron chi connectivity index (χ2n) is 11.1. The molecule has 3 N–H and O–H groups in total. The van der Waals surface area contributed by atoms with Crippen LogP contribution in [0.2, 0.25) is 0 Å². The normalized spacial score (nSPS) is 32.7. The van der Waals surface area contributed by atoms with E-state index in [-0.39, 0.29) is 35.3 Å². The number of aliphatic hydroxyl groups excluding tert-OH is 1. The van der Waals surface area contributed by atoms with Crippen LogP contribution in [0.15, 0.2) is 40.2 Å². The van der Waals surface area contributed by atoms with Crippen LogP contribution in [-0.4, -0.2) is 38.3 Å². The summed E-state index contributed by atoms with van der Waals surface area (Å²) in [6.45, 7) is 6.58. The standard InChI is InChI=1S/C28H30O6/c1-14-11-27(4)13-26(3)12-18-17(10-16-6-5-7-16)8-9-19(30)21(18)23(31)22(26)25(33)28(27,34)24(32)20(14)15(2)29/h8-10,30,33-34H,5-7,11-13H2,1-4H3/t26-,27+,28+/m1/s1. The summed E-state index contributed by atoms with van der Waals surface area (Å²) < 4.78 is 0. The van der Waals surface area contributed by atoms with E-state index in [9.17, 15) is 29.7 Å². The van der Waals surface area contributed by atoms with Crippen LogP contribution < -0.4 is 0 Å². The number of hydrogen-bond donors (Lipinski definition) is 3. The first-order valence-electron chi connectivity index (χ1n) is 11.8. The first-order valence-corrected chi connectivity index (χ1v) is 11.8. The number of carbonyl (C=O) groups excluding carboxylic acids is 3. The number of allylic oxidation sites excluding steroid dienone is 3. The molecule has 1 fully saturated rings. The predicted octanol–water partition coefficient (Wildman–Crippen LogP) is 4.54. The zero-order chi connectivity index (χ0) is 24.8. The highest BCUT2D eigenvalue weighted by molar-refractivity contribution is 6.25. The van der Waals surface area contributed by atoms with Gasteiger partial charge in [0.15, 0.2) is 17.2 Å². The van der Waals surface area contributed by atoms with Gasteiger partial charge in [-0.05, 0) is 69.6 Å². The third-order valence-corrected chi connectivity index (χ3v) is 8.53. The Morgan fingerprint density at radius 1 is 1.09 bits per heavy atom. The third kappa shape index (κ3) is 2.75. The van der Waals surface area contributed by atoms with E-state index >= 15 is 0 Å². The van der Waals surface area contributed by atoms with E-state index in [4.69, 9.17) is 0 Å². The Morgan fingerprint density at radius 2 is 1.76 bits per heavy atom. The van der Waals surface area contributed by atoms with Gasteiger partial charge in [-0.2, -0.15) is 0 Å². The molecule has 0 bridgehead atoms. The minimum atomic E-state index is -2.38. The van der Waals surface area contributed by atoms with Crippen molar-refractivity contribution in [1.82, 2.24) is 0 Å². The van der Waals surface area contributed by atoms with E-state index in [1.54, 1.807) is 13.8 Å². The highest BCUT2D eigenvalue weighted by Gasteiger charge is 2.67. The lowest BCUT2D eigenvalue weighted by Crippen LogP contribution is -2.63. The molecule has 1 saturated carbocycles. The molecule has 6 heteroatoms. The van der Waals surface area contributed by atoms with Gasteiger partial charge < -0.3 is 15.3 Å². The van der Waals surface area contributed by atoms with Crippen molar-refractivity contribution in [2.24, 2.45) is 10.8 Å². The average Bonchev–Trinajstić information content (AvgIpc) is 2.68. The van der Waals surface area contributed by atoms with Crippen molar-refractivity contribution in [3.63, 3.8) is 0 Å². The molecule has 0 aliphatic heterocycles. The zero-order valence-electron chi connectivity index (χ0n) is 20.0. The Morgan fingerprint density at radius 3 is 2.35 bits per heavy atom. The van der Waals surface area contributed by atoms with Crippen molar-refractivity contribution in [3.05, 3.63) is 56.9 Å². The summed E-state index contributed by atoms with van der Waals surface area (Å²) in [5, 5.41) is 33.9. The number of hydrogen-bond acceptors (Lipinski definition) is 6. The van der Waals surface area contributed by atoms with Crippen LogP contribution in [0.5, 0.6) is 5.75 Å². The van der Waals surface area contributed by atoms with E-state index in [0.29, 0.717) is 12.0 Å². The number of rotatable bonds is 2. The van der Waals surface area contributed by atoms with Crippen LogP contribution in [0.3, 0.4) is 0 Å². The second kappa shape index (κ2) is 7.01. The van der Waals surface area contributed by atoms with Crippen LogP contribution in [0.4, 0.5) is 0 Å². The molecule has 0 saturated heterocycles. The molecule has 1 aromatic carbocycles.